The third-order valence-corrected chi connectivity index (χ3v) is 2.59. The lowest BCUT2D eigenvalue weighted by Crippen LogP contribution is -2.34. The summed E-state index contributed by atoms with van der Waals surface area (Å²) in [5, 5.41) is 12.3. The van der Waals surface area contributed by atoms with Crippen molar-refractivity contribution in [2.75, 3.05) is 13.2 Å². The van der Waals surface area contributed by atoms with Crippen molar-refractivity contribution in [2.24, 2.45) is 0 Å². The van der Waals surface area contributed by atoms with E-state index in [1.54, 1.807) is 0 Å². The molecule has 0 aromatic carbocycles. The van der Waals surface area contributed by atoms with Crippen molar-refractivity contribution < 1.29 is 19.2 Å². The number of ether oxygens (including phenoxy) is 1. The molecule has 0 radical (unpaired) electrons. The van der Waals surface area contributed by atoms with Gasteiger partial charge in [0.05, 0.1) is 12.0 Å². The van der Waals surface area contributed by atoms with Crippen LogP contribution in [0.25, 0.3) is 0 Å². The zero-order valence-electron chi connectivity index (χ0n) is 8.39. The van der Waals surface area contributed by atoms with Crippen molar-refractivity contribution in [1.82, 2.24) is 10.1 Å². The van der Waals surface area contributed by atoms with Crippen molar-refractivity contribution in [2.45, 2.75) is 25.2 Å². The van der Waals surface area contributed by atoms with Crippen LogP contribution < -0.4 is 0 Å². The van der Waals surface area contributed by atoms with E-state index in [0.29, 0.717) is 12.4 Å². The van der Waals surface area contributed by atoms with Crippen LogP contribution in [0.1, 0.15) is 36.3 Å². The molecule has 6 heteroatoms. The number of carbonyl (C=O) groups is 1. The van der Waals surface area contributed by atoms with Gasteiger partial charge >= 0.3 is 11.9 Å². The summed E-state index contributed by atoms with van der Waals surface area (Å²) in [6.07, 6.45) is 1.80. The van der Waals surface area contributed by atoms with Gasteiger partial charge < -0.3 is 14.4 Å². The van der Waals surface area contributed by atoms with E-state index in [2.05, 4.69) is 14.7 Å². The van der Waals surface area contributed by atoms with E-state index in [-0.39, 0.29) is 11.3 Å². The lowest BCUT2D eigenvalue weighted by atomic mass is 9.84. The second-order valence-corrected chi connectivity index (χ2v) is 3.95. The minimum Gasteiger partial charge on any atom is -0.474 e. The Hall–Kier alpha value is -1.43. The molecule has 2 heterocycles. The summed E-state index contributed by atoms with van der Waals surface area (Å²) in [6, 6.07) is 0. The number of rotatable bonds is 2. The Morgan fingerprint density at radius 3 is 2.93 bits per heavy atom. The van der Waals surface area contributed by atoms with Crippen LogP contribution in [0.3, 0.4) is 0 Å². The SMILES string of the molecule is CC1(c2noc(C(=O)O)n2)CCCOC1. The third kappa shape index (κ3) is 1.85. The first-order valence-electron chi connectivity index (χ1n) is 4.77. The second-order valence-electron chi connectivity index (χ2n) is 3.95. The first kappa shape index (κ1) is 10.1. The van der Waals surface area contributed by atoms with E-state index >= 15 is 0 Å². The number of carboxylic acid groups (broad SMARTS) is 1. The molecule has 1 atom stereocenters. The molecule has 1 aromatic heterocycles. The van der Waals surface area contributed by atoms with Crippen LogP contribution in [0, 0.1) is 0 Å². The Morgan fingerprint density at radius 1 is 1.60 bits per heavy atom. The maximum Gasteiger partial charge on any atom is 0.394 e. The van der Waals surface area contributed by atoms with Gasteiger partial charge in [-0.15, -0.1) is 0 Å². The van der Waals surface area contributed by atoms with Crippen molar-refractivity contribution in [1.29, 1.82) is 0 Å². The summed E-state index contributed by atoms with van der Waals surface area (Å²) >= 11 is 0. The molecule has 1 unspecified atom stereocenters. The van der Waals surface area contributed by atoms with E-state index < -0.39 is 5.97 Å². The van der Waals surface area contributed by atoms with Gasteiger partial charge in [0.15, 0.2) is 5.82 Å². The van der Waals surface area contributed by atoms with Gasteiger partial charge in [0.2, 0.25) is 0 Å². The topological polar surface area (TPSA) is 85.5 Å². The summed E-state index contributed by atoms with van der Waals surface area (Å²) in [6.45, 7) is 3.19. The molecule has 6 nitrogen and oxygen atoms in total. The molecule has 1 saturated heterocycles. The van der Waals surface area contributed by atoms with Crippen LogP contribution >= 0.6 is 0 Å². The molecule has 0 amide bonds. The number of aromatic carboxylic acids is 1. The Morgan fingerprint density at radius 2 is 2.40 bits per heavy atom. The van der Waals surface area contributed by atoms with E-state index in [9.17, 15) is 4.79 Å². The molecule has 1 aromatic rings. The minimum absolute atomic E-state index is 0.324. The Kier molecular flexibility index (Phi) is 2.44. The molecule has 0 spiro atoms. The summed E-state index contributed by atoms with van der Waals surface area (Å²) in [4.78, 5) is 14.4. The molecule has 0 aliphatic carbocycles. The monoisotopic (exact) mass is 212 g/mol. The predicted molar refractivity (Wildman–Crippen MR) is 48.7 cm³/mol. The fraction of sp³-hybridized carbons (Fsp3) is 0.667. The highest BCUT2D eigenvalue weighted by Crippen LogP contribution is 2.30. The van der Waals surface area contributed by atoms with Crippen molar-refractivity contribution >= 4 is 5.97 Å². The molecule has 82 valence electrons. The van der Waals surface area contributed by atoms with Crippen molar-refractivity contribution in [3.8, 4) is 0 Å². The van der Waals surface area contributed by atoms with E-state index in [0.717, 1.165) is 19.4 Å². The zero-order chi connectivity index (χ0) is 10.9. The van der Waals surface area contributed by atoms with Gasteiger partial charge in [-0.2, -0.15) is 4.98 Å². The lowest BCUT2D eigenvalue weighted by Gasteiger charge is -2.29. The van der Waals surface area contributed by atoms with Gasteiger partial charge in [0.25, 0.3) is 0 Å². The summed E-state index contributed by atoms with van der Waals surface area (Å²) in [5.74, 6) is -1.15. The lowest BCUT2D eigenvalue weighted by molar-refractivity contribution is 0.0374. The first-order valence-corrected chi connectivity index (χ1v) is 4.77. The smallest absolute Gasteiger partial charge is 0.394 e. The van der Waals surface area contributed by atoms with Crippen LogP contribution in [-0.2, 0) is 10.2 Å². The molecule has 1 aliphatic rings. The van der Waals surface area contributed by atoms with Gasteiger partial charge in [-0.1, -0.05) is 12.1 Å². The van der Waals surface area contributed by atoms with Crippen LogP contribution in [0.2, 0.25) is 0 Å². The number of aromatic nitrogens is 2. The highest BCUT2D eigenvalue weighted by Gasteiger charge is 2.35. The summed E-state index contributed by atoms with van der Waals surface area (Å²) in [7, 11) is 0. The Labute approximate surface area is 86.2 Å². The fourth-order valence-corrected chi connectivity index (χ4v) is 1.67. The van der Waals surface area contributed by atoms with Crippen LogP contribution in [0.4, 0.5) is 0 Å². The summed E-state index contributed by atoms with van der Waals surface area (Å²) in [5.41, 5.74) is -0.324. The Balaban J connectivity index is 2.23. The molecule has 1 fully saturated rings. The van der Waals surface area contributed by atoms with E-state index in [1.165, 1.54) is 0 Å². The maximum absolute atomic E-state index is 10.6. The predicted octanol–water partition coefficient (Wildman–Crippen LogP) is 0.836. The Bertz CT molecular complexity index is 368. The van der Waals surface area contributed by atoms with Gasteiger partial charge in [0, 0.05) is 6.61 Å². The highest BCUT2D eigenvalue weighted by molar-refractivity contribution is 5.81. The third-order valence-electron chi connectivity index (χ3n) is 2.59. The van der Waals surface area contributed by atoms with E-state index in [1.807, 2.05) is 6.92 Å². The molecular formula is C9H12N2O4. The van der Waals surface area contributed by atoms with Crippen LogP contribution in [0.15, 0.2) is 4.52 Å². The standard InChI is InChI=1S/C9H12N2O4/c1-9(3-2-4-14-5-9)8-10-6(7(12)13)15-11-8/h2-5H2,1H3,(H,12,13). The van der Waals surface area contributed by atoms with Crippen LogP contribution in [0.5, 0.6) is 0 Å². The number of nitrogens with zero attached hydrogens (tertiary/aromatic N) is 2. The minimum atomic E-state index is -1.20. The van der Waals surface area contributed by atoms with Crippen molar-refractivity contribution in [3.63, 3.8) is 0 Å². The maximum atomic E-state index is 10.6. The molecule has 0 bridgehead atoms. The molecule has 0 saturated carbocycles. The normalized spacial score (nSPS) is 26.5. The van der Waals surface area contributed by atoms with Gasteiger partial charge in [-0.3, -0.25) is 0 Å². The van der Waals surface area contributed by atoms with Gasteiger partial charge in [-0.25, -0.2) is 4.79 Å². The second kappa shape index (κ2) is 3.62. The quantitative estimate of drug-likeness (QED) is 0.781. The average molecular weight is 212 g/mol. The zero-order valence-corrected chi connectivity index (χ0v) is 8.39. The average Bonchev–Trinajstić information content (AvgIpc) is 2.68. The number of carboxylic acids is 1. The highest BCUT2D eigenvalue weighted by atomic mass is 16.5. The molecule has 15 heavy (non-hydrogen) atoms. The van der Waals surface area contributed by atoms with Crippen LogP contribution in [-0.4, -0.2) is 34.4 Å². The van der Waals surface area contributed by atoms with Gasteiger partial charge in [-0.05, 0) is 12.8 Å². The van der Waals surface area contributed by atoms with Gasteiger partial charge in [0.1, 0.15) is 0 Å². The van der Waals surface area contributed by atoms with Crippen molar-refractivity contribution in [3.05, 3.63) is 11.7 Å². The molecule has 1 N–H and O–H groups in total. The molecular weight excluding hydrogens is 200 g/mol. The number of hydrogen-bond acceptors (Lipinski definition) is 5. The number of hydrogen-bond donors (Lipinski definition) is 1. The summed E-state index contributed by atoms with van der Waals surface area (Å²) < 4.78 is 9.97. The van der Waals surface area contributed by atoms with E-state index in [4.69, 9.17) is 9.84 Å². The fourth-order valence-electron chi connectivity index (χ4n) is 1.67. The molecule has 1 aliphatic heterocycles. The molecule has 2 rings (SSSR count). The first-order chi connectivity index (χ1) is 7.12. The largest absolute Gasteiger partial charge is 0.474 e.